The highest BCUT2D eigenvalue weighted by molar-refractivity contribution is 8.11. The predicted octanol–water partition coefficient (Wildman–Crippen LogP) is 1.16. The third kappa shape index (κ3) is 10.3. The first-order valence-corrected chi connectivity index (χ1v) is 6.51. The van der Waals surface area contributed by atoms with E-state index in [2.05, 4.69) is 6.92 Å². The molecule has 2 N–H and O–H groups in total. The monoisotopic (exact) mass is 197 g/mol. The molecule has 0 aromatic carbocycles. The van der Waals surface area contributed by atoms with Gasteiger partial charge in [0.2, 0.25) is 10.0 Å². The summed E-state index contributed by atoms with van der Waals surface area (Å²) in [6.45, 7) is 2.12. The Hall–Kier alpha value is 0.260. The summed E-state index contributed by atoms with van der Waals surface area (Å²) >= 11 is 1.39. The summed E-state index contributed by atoms with van der Waals surface area (Å²) in [5.74, 6) is 0.893. The highest BCUT2D eigenvalue weighted by Gasteiger charge is 2.00. The number of primary sulfonamides is 1. The van der Waals surface area contributed by atoms with Gasteiger partial charge in [0.25, 0.3) is 0 Å². The summed E-state index contributed by atoms with van der Waals surface area (Å²) in [5.41, 5.74) is 0. The average Bonchev–Trinajstić information content (AvgIpc) is 1.85. The third-order valence-electron chi connectivity index (χ3n) is 1.14. The lowest BCUT2D eigenvalue weighted by Crippen LogP contribution is -2.14. The molecule has 0 aromatic rings. The topological polar surface area (TPSA) is 60.2 Å². The van der Waals surface area contributed by atoms with Gasteiger partial charge in [0.1, 0.15) is 5.08 Å². The van der Waals surface area contributed by atoms with Crippen molar-refractivity contribution in [1.82, 2.24) is 0 Å². The van der Waals surface area contributed by atoms with E-state index >= 15 is 0 Å². The van der Waals surface area contributed by atoms with Crippen molar-refractivity contribution in [2.75, 3.05) is 10.8 Å². The Bertz CT molecular complexity index is 177. The molecule has 0 bridgehead atoms. The van der Waals surface area contributed by atoms with Crippen LogP contribution in [0.15, 0.2) is 0 Å². The number of nitrogens with two attached hydrogens (primary N) is 1. The van der Waals surface area contributed by atoms with Crippen LogP contribution in [0.1, 0.15) is 26.2 Å². The van der Waals surface area contributed by atoms with Crippen LogP contribution in [0.2, 0.25) is 0 Å². The zero-order valence-electron chi connectivity index (χ0n) is 6.75. The van der Waals surface area contributed by atoms with Crippen molar-refractivity contribution in [3.05, 3.63) is 0 Å². The van der Waals surface area contributed by atoms with E-state index in [1.54, 1.807) is 0 Å². The smallest absolute Gasteiger partial charge is 0.218 e. The molecule has 0 unspecified atom stereocenters. The molecule has 0 amide bonds. The maximum Gasteiger partial charge on any atom is 0.218 e. The fraction of sp³-hybridized carbons (Fsp3) is 1.00. The minimum atomic E-state index is -3.25. The fourth-order valence-corrected chi connectivity index (χ4v) is 2.44. The second-order valence-electron chi connectivity index (χ2n) is 2.40. The van der Waals surface area contributed by atoms with Gasteiger partial charge in [-0.15, -0.1) is 11.8 Å². The van der Waals surface area contributed by atoms with Gasteiger partial charge >= 0.3 is 0 Å². The van der Waals surface area contributed by atoms with Gasteiger partial charge in [0, 0.05) is 0 Å². The van der Waals surface area contributed by atoms with Crippen molar-refractivity contribution in [1.29, 1.82) is 0 Å². The van der Waals surface area contributed by atoms with Crippen LogP contribution in [0.4, 0.5) is 0 Å². The molecule has 0 atom stereocenters. The van der Waals surface area contributed by atoms with Gasteiger partial charge in [-0.1, -0.05) is 19.8 Å². The molecule has 0 saturated carbocycles. The van der Waals surface area contributed by atoms with Crippen molar-refractivity contribution >= 4 is 21.8 Å². The first kappa shape index (κ1) is 11.3. The SMILES string of the molecule is CCCCCSCS(N)(=O)=O. The summed E-state index contributed by atoms with van der Waals surface area (Å²) in [5, 5.41) is 4.85. The molecule has 0 aliphatic heterocycles. The number of hydrogen-bond acceptors (Lipinski definition) is 3. The Kier molecular flexibility index (Phi) is 5.99. The summed E-state index contributed by atoms with van der Waals surface area (Å²) in [6, 6.07) is 0. The summed E-state index contributed by atoms with van der Waals surface area (Å²) in [7, 11) is -3.25. The van der Waals surface area contributed by atoms with E-state index in [1.165, 1.54) is 11.8 Å². The Morgan fingerprint density at radius 2 is 2.00 bits per heavy atom. The van der Waals surface area contributed by atoms with Gasteiger partial charge in [-0.3, -0.25) is 0 Å². The van der Waals surface area contributed by atoms with Gasteiger partial charge in [-0.25, -0.2) is 13.6 Å². The molecule has 0 aliphatic carbocycles. The Labute approximate surface area is 72.8 Å². The van der Waals surface area contributed by atoms with E-state index in [9.17, 15) is 8.42 Å². The van der Waals surface area contributed by atoms with E-state index in [4.69, 9.17) is 5.14 Å². The Morgan fingerprint density at radius 3 is 2.45 bits per heavy atom. The molecule has 0 radical (unpaired) electrons. The highest BCUT2D eigenvalue weighted by atomic mass is 32.3. The van der Waals surface area contributed by atoms with Gasteiger partial charge in [-0.05, 0) is 12.2 Å². The number of sulfonamides is 1. The van der Waals surface area contributed by atoms with E-state index in [0.717, 1.165) is 25.0 Å². The number of rotatable bonds is 6. The van der Waals surface area contributed by atoms with Crippen LogP contribution in [0.3, 0.4) is 0 Å². The maximum atomic E-state index is 10.4. The minimum absolute atomic E-state index is 0.0523. The van der Waals surface area contributed by atoms with Crippen molar-refractivity contribution in [2.24, 2.45) is 5.14 Å². The van der Waals surface area contributed by atoms with Gasteiger partial charge in [-0.2, -0.15) is 0 Å². The van der Waals surface area contributed by atoms with Crippen LogP contribution < -0.4 is 5.14 Å². The largest absolute Gasteiger partial charge is 0.228 e. The zero-order valence-corrected chi connectivity index (χ0v) is 8.38. The van der Waals surface area contributed by atoms with E-state index in [-0.39, 0.29) is 5.08 Å². The van der Waals surface area contributed by atoms with Gasteiger partial charge in [0.05, 0.1) is 0 Å². The first-order valence-electron chi connectivity index (χ1n) is 3.64. The quantitative estimate of drug-likeness (QED) is 0.650. The lowest BCUT2D eigenvalue weighted by atomic mass is 10.3. The molecule has 0 fully saturated rings. The number of thioether (sulfide) groups is 1. The van der Waals surface area contributed by atoms with Crippen molar-refractivity contribution in [3.63, 3.8) is 0 Å². The van der Waals surface area contributed by atoms with Crippen LogP contribution >= 0.6 is 11.8 Å². The molecule has 0 saturated heterocycles. The van der Waals surface area contributed by atoms with Crippen LogP contribution in [0, 0.1) is 0 Å². The van der Waals surface area contributed by atoms with Gasteiger partial charge in [0.15, 0.2) is 0 Å². The Morgan fingerprint density at radius 1 is 1.36 bits per heavy atom. The molecular weight excluding hydrogens is 182 g/mol. The summed E-state index contributed by atoms with van der Waals surface area (Å²) in [4.78, 5) is 0. The van der Waals surface area contributed by atoms with E-state index in [1.807, 2.05) is 0 Å². The molecule has 5 heteroatoms. The molecule has 0 aliphatic rings. The lowest BCUT2D eigenvalue weighted by molar-refractivity contribution is 0.602. The zero-order chi connectivity index (χ0) is 8.74. The summed E-state index contributed by atoms with van der Waals surface area (Å²) < 4.78 is 20.8. The lowest BCUT2D eigenvalue weighted by Gasteiger charge is -1.97. The van der Waals surface area contributed by atoms with E-state index < -0.39 is 10.0 Å². The molecule has 68 valence electrons. The van der Waals surface area contributed by atoms with Gasteiger partial charge < -0.3 is 0 Å². The average molecular weight is 197 g/mol. The van der Waals surface area contributed by atoms with Crippen LogP contribution in [-0.2, 0) is 10.0 Å². The molecule has 3 nitrogen and oxygen atoms in total. The van der Waals surface area contributed by atoms with E-state index in [0.29, 0.717) is 0 Å². The molecule has 0 rings (SSSR count). The highest BCUT2D eigenvalue weighted by Crippen LogP contribution is 2.07. The van der Waals surface area contributed by atoms with Crippen LogP contribution in [0.25, 0.3) is 0 Å². The summed E-state index contributed by atoms with van der Waals surface area (Å²) in [6.07, 6.45) is 3.41. The normalized spacial score (nSPS) is 11.8. The fourth-order valence-electron chi connectivity index (χ4n) is 0.629. The second-order valence-corrected chi connectivity index (χ2v) is 5.48. The third-order valence-corrected chi connectivity index (χ3v) is 3.70. The van der Waals surface area contributed by atoms with Crippen molar-refractivity contribution in [2.45, 2.75) is 26.2 Å². The first-order chi connectivity index (χ1) is 5.06. The van der Waals surface area contributed by atoms with Crippen molar-refractivity contribution < 1.29 is 8.42 Å². The number of hydrogen-bond donors (Lipinski definition) is 1. The second kappa shape index (κ2) is 5.85. The molecular formula is C6H15NO2S2. The van der Waals surface area contributed by atoms with Crippen LogP contribution in [0.5, 0.6) is 0 Å². The Balaban J connectivity index is 3.16. The molecule has 11 heavy (non-hydrogen) atoms. The van der Waals surface area contributed by atoms with Crippen LogP contribution in [-0.4, -0.2) is 19.3 Å². The molecule has 0 spiro atoms. The predicted molar refractivity (Wildman–Crippen MR) is 50.0 cm³/mol. The van der Waals surface area contributed by atoms with Crippen molar-refractivity contribution in [3.8, 4) is 0 Å². The maximum absolute atomic E-state index is 10.4. The number of unbranched alkanes of at least 4 members (excludes halogenated alkanes) is 2. The molecule has 0 aromatic heterocycles. The molecule has 0 heterocycles. The standard InChI is InChI=1S/C6H15NO2S2/c1-2-3-4-5-10-6-11(7,8)9/h2-6H2,1H3,(H2,7,8,9). The minimum Gasteiger partial charge on any atom is -0.228 e.